The van der Waals surface area contributed by atoms with Crippen LogP contribution in [0.2, 0.25) is 5.15 Å². The summed E-state index contributed by atoms with van der Waals surface area (Å²) in [7, 11) is 0. The predicted octanol–water partition coefficient (Wildman–Crippen LogP) is 4.33. The summed E-state index contributed by atoms with van der Waals surface area (Å²) in [5, 5.41) is 0.402. The van der Waals surface area contributed by atoms with Gasteiger partial charge in [0.2, 0.25) is 5.88 Å². The summed E-state index contributed by atoms with van der Waals surface area (Å²) in [6.45, 7) is 6.30. The molecule has 0 aliphatic rings. The summed E-state index contributed by atoms with van der Waals surface area (Å²) in [6, 6.07) is 7.51. The minimum Gasteiger partial charge on any atom is -0.490 e. The highest BCUT2D eigenvalue weighted by Gasteiger charge is 2.12. The third kappa shape index (κ3) is 3.39. The molecule has 0 radical (unpaired) electrons. The van der Waals surface area contributed by atoms with Crippen LogP contribution >= 0.6 is 11.6 Å². The van der Waals surface area contributed by atoms with Gasteiger partial charge in [-0.15, -0.1) is 0 Å². The Bertz CT molecular complexity index is 602. The molecule has 2 rings (SSSR count). The monoisotopic (exact) mass is 292 g/mol. The maximum atomic E-state index is 6.05. The van der Waals surface area contributed by atoms with Crippen molar-refractivity contribution in [3.8, 4) is 17.4 Å². The van der Waals surface area contributed by atoms with Gasteiger partial charge in [-0.05, 0) is 32.4 Å². The molecule has 0 unspecified atom stereocenters. The van der Waals surface area contributed by atoms with E-state index < -0.39 is 0 Å². The molecule has 4 nitrogen and oxygen atoms in total. The first-order chi connectivity index (χ1) is 9.61. The predicted molar refractivity (Wildman–Crippen MR) is 78.8 cm³/mol. The van der Waals surface area contributed by atoms with Crippen LogP contribution in [0, 0.1) is 13.8 Å². The molecule has 106 valence electrons. The van der Waals surface area contributed by atoms with Crippen molar-refractivity contribution in [2.75, 3.05) is 6.61 Å². The number of hydrogen-bond donors (Lipinski definition) is 0. The first kappa shape index (κ1) is 14.6. The van der Waals surface area contributed by atoms with Gasteiger partial charge in [0.25, 0.3) is 0 Å². The normalized spacial score (nSPS) is 10.4. The van der Waals surface area contributed by atoms with E-state index in [9.17, 15) is 0 Å². The number of aromatic nitrogens is 2. The lowest BCUT2D eigenvalue weighted by molar-refractivity contribution is 0.300. The molecule has 0 spiro atoms. The van der Waals surface area contributed by atoms with E-state index in [-0.39, 0.29) is 0 Å². The Morgan fingerprint density at radius 2 is 1.80 bits per heavy atom. The van der Waals surface area contributed by atoms with Gasteiger partial charge in [0.05, 0.1) is 6.61 Å². The van der Waals surface area contributed by atoms with Gasteiger partial charge in [0.15, 0.2) is 11.5 Å². The summed E-state index contributed by atoms with van der Waals surface area (Å²) in [5.41, 5.74) is 0.711. The van der Waals surface area contributed by atoms with Crippen molar-refractivity contribution in [2.45, 2.75) is 27.2 Å². The zero-order valence-electron chi connectivity index (χ0n) is 11.8. The number of halogens is 1. The standard InChI is InChI=1S/C15H17ClN2O2/c1-4-9-19-12-7-5-6-8-13(12)20-15-10(2)14(16)17-11(3)18-15/h5-8H,4,9H2,1-3H3. The Morgan fingerprint density at radius 3 is 2.50 bits per heavy atom. The summed E-state index contributed by atoms with van der Waals surface area (Å²) in [6.07, 6.45) is 0.936. The first-order valence-corrected chi connectivity index (χ1v) is 6.90. The third-order valence-electron chi connectivity index (χ3n) is 2.67. The number of para-hydroxylation sites is 2. The lowest BCUT2D eigenvalue weighted by Gasteiger charge is -2.13. The second-order valence-electron chi connectivity index (χ2n) is 4.39. The zero-order chi connectivity index (χ0) is 14.5. The van der Waals surface area contributed by atoms with Gasteiger partial charge in [-0.25, -0.2) is 4.98 Å². The van der Waals surface area contributed by atoms with Gasteiger partial charge >= 0.3 is 0 Å². The smallest absolute Gasteiger partial charge is 0.227 e. The van der Waals surface area contributed by atoms with Crippen LogP contribution in [0.5, 0.6) is 17.4 Å². The van der Waals surface area contributed by atoms with E-state index in [4.69, 9.17) is 21.1 Å². The zero-order valence-corrected chi connectivity index (χ0v) is 12.6. The van der Waals surface area contributed by atoms with Crippen LogP contribution in [0.1, 0.15) is 24.7 Å². The van der Waals surface area contributed by atoms with Gasteiger partial charge in [-0.1, -0.05) is 30.7 Å². The average Bonchev–Trinajstić information content (AvgIpc) is 2.43. The van der Waals surface area contributed by atoms with Crippen molar-refractivity contribution in [3.05, 3.63) is 40.8 Å². The minimum atomic E-state index is 0.402. The van der Waals surface area contributed by atoms with Crippen LogP contribution in [0.25, 0.3) is 0 Å². The second-order valence-corrected chi connectivity index (χ2v) is 4.75. The Hall–Kier alpha value is -1.81. The number of nitrogens with zero attached hydrogens (tertiary/aromatic N) is 2. The van der Waals surface area contributed by atoms with Crippen molar-refractivity contribution in [1.29, 1.82) is 0 Å². The number of aryl methyl sites for hydroxylation is 1. The van der Waals surface area contributed by atoms with Crippen LogP contribution in [0.3, 0.4) is 0 Å². The van der Waals surface area contributed by atoms with Crippen molar-refractivity contribution in [2.24, 2.45) is 0 Å². The van der Waals surface area contributed by atoms with Crippen LogP contribution in [-0.2, 0) is 0 Å². The van der Waals surface area contributed by atoms with E-state index in [0.29, 0.717) is 40.5 Å². The minimum absolute atomic E-state index is 0.402. The summed E-state index contributed by atoms with van der Waals surface area (Å²) < 4.78 is 11.5. The molecule has 2 aromatic rings. The molecule has 1 heterocycles. The molecular weight excluding hydrogens is 276 g/mol. The van der Waals surface area contributed by atoms with E-state index >= 15 is 0 Å². The summed E-state index contributed by atoms with van der Waals surface area (Å²) >= 11 is 6.05. The average molecular weight is 293 g/mol. The van der Waals surface area contributed by atoms with E-state index in [2.05, 4.69) is 16.9 Å². The molecule has 0 bridgehead atoms. The van der Waals surface area contributed by atoms with Crippen molar-refractivity contribution >= 4 is 11.6 Å². The number of benzene rings is 1. The number of ether oxygens (including phenoxy) is 2. The third-order valence-corrected chi connectivity index (χ3v) is 3.04. The number of hydrogen-bond acceptors (Lipinski definition) is 4. The Morgan fingerprint density at radius 1 is 1.10 bits per heavy atom. The topological polar surface area (TPSA) is 44.2 Å². The van der Waals surface area contributed by atoms with Gasteiger partial charge in [0, 0.05) is 5.56 Å². The van der Waals surface area contributed by atoms with Crippen molar-refractivity contribution in [3.63, 3.8) is 0 Å². The van der Waals surface area contributed by atoms with E-state index in [0.717, 1.165) is 6.42 Å². The second kappa shape index (κ2) is 6.57. The van der Waals surface area contributed by atoms with E-state index in [1.54, 1.807) is 6.92 Å². The highest BCUT2D eigenvalue weighted by Crippen LogP contribution is 2.33. The maximum Gasteiger partial charge on any atom is 0.227 e. The summed E-state index contributed by atoms with van der Waals surface area (Å²) in [5.74, 6) is 2.34. The molecule has 0 N–H and O–H groups in total. The molecule has 0 fully saturated rings. The molecule has 0 aliphatic carbocycles. The van der Waals surface area contributed by atoms with Gasteiger partial charge in [0.1, 0.15) is 11.0 Å². The van der Waals surface area contributed by atoms with Crippen LogP contribution in [-0.4, -0.2) is 16.6 Å². The largest absolute Gasteiger partial charge is 0.490 e. The fourth-order valence-electron chi connectivity index (χ4n) is 1.64. The SMILES string of the molecule is CCCOc1ccccc1Oc1nc(C)nc(Cl)c1C. The molecule has 20 heavy (non-hydrogen) atoms. The molecule has 1 aromatic carbocycles. The molecule has 0 saturated heterocycles. The lowest BCUT2D eigenvalue weighted by Crippen LogP contribution is -2.00. The fourth-order valence-corrected chi connectivity index (χ4v) is 1.84. The molecule has 0 atom stereocenters. The van der Waals surface area contributed by atoms with Crippen molar-refractivity contribution < 1.29 is 9.47 Å². The summed E-state index contributed by atoms with van der Waals surface area (Å²) in [4.78, 5) is 8.37. The van der Waals surface area contributed by atoms with Gasteiger partial charge in [-0.2, -0.15) is 4.98 Å². The van der Waals surface area contributed by atoms with Crippen LogP contribution < -0.4 is 9.47 Å². The van der Waals surface area contributed by atoms with Gasteiger partial charge < -0.3 is 9.47 Å². The van der Waals surface area contributed by atoms with Crippen LogP contribution in [0.15, 0.2) is 24.3 Å². The van der Waals surface area contributed by atoms with E-state index in [1.807, 2.05) is 31.2 Å². The Kier molecular flexibility index (Phi) is 4.79. The molecule has 0 aliphatic heterocycles. The number of rotatable bonds is 5. The Balaban J connectivity index is 2.30. The molecule has 1 aromatic heterocycles. The molecule has 0 saturated carbocycles. The highest BCUT2D eigenvalue weighted by atomic mass is 35.5. The maximum absolute atomic E-state index is 6.05. The Labute approximate surface area is 123 Å². The highest BCUT2D eigenvalue weighted by molar-refractivity contribution is 6.30. The quantitative estimate of drug-likeness (QED) is 0.770. The van der Waals surface area contributed by atoms with Gasteiger partial charge in [-0.3, -0.25) is 0 Å². The fraction of sp³-hybridized carbons (Fsp3) is 0.333. The molecule has 0 amide bonds. The molecule has 5 heteroatoms. The lowest BCUT2D eigenvalue weighted by atomic mass is 10.3. The van der Waals surface area contributed by atoms with Crippen molar-refractivity contribution in [1.82, 2.24) is 9.97 Å². The molecular formula is C15H17ClN2O2. The van der Waals surface area contributed by atoms with Crippen LogP contribution in [0.4, 0.5) is 0 Å². The van der Waals surface area contributed by atoms with E-state index in [1.165, 1.54) is 0 Å². The first-order valence-electron chi connectivity index (χ1n) is 6.52.